The van der Waals surface area contributed by atoms with Crippen LogP contribution in [-0.4, -0.2) is 16.1 Å². The number of hydrogen-bond donors (Lipinski definition) is 3. The number of halogens is 1. The first-order chi connectivity index (χ1) is 6.58. The van der Waals surface area contributed by atoms with E-state index in [4.69, 9.17) is 10.8 Å². The van der Waals surface area contributed by atoms with Crippen molar-refractivity contribution in [2.75, 3.05) is 5.73 Å². The van der Waals surface area contributed by atoms with Crippen LogP contribution in [0.3, 0.4) is 0 Å². The van der Waals surface area contributed by atoms with Crippen molar-refractivity contribution in [3.8, 4) is 0 Å². The van der Waals surface area contributed by atoms with Gasteiger partial charge in [0.1, 0.15) is 5.69 Å². The molecule has 0 atom stereocenters. The van der Waals surface area contributed by atoms with Crippen LogP contribution in [0.5, 0.6) is 0 Å². The van der Waals surface area contributed by atoms with Gasteiger partial charge in [0.25, 0.3) is 0 Å². The summed E-state index contributed by atoms with van der Waals surface area (Å²) >= 11 is 3.27. The molecule has 2 aromatic rings. The van der Waals surface area contributed by atoms with E-state index in [9.17, 15) is 4.79 Å². The lowest BCUT2D eigenvalue weighted by Crippen LogP contribution is -1.94. The number of fused-ring (bicyclic) bond motifs is 1. The van der Waals surface area contributed by atoms with Crippen LogP contribution in [0.25, 0.3) is 10.9 Å². The lowest BCUT2D eigenvalue weighted by molar-refractivity contribution is 0.0691. The van der Waals surface area contributed by atoms with Crippen LogP contribution in [-0.2, 0) is 0 Å². The molecule has 0 spiro atoms. The minimum Gasteiger partial charge on any atom is -0.477 e. The molecule has 4 nitrogen and oxygen atoms in total. The van der Waals surface area contributed by atoms with Crippen molar-refractivity contribution in [3.05, 3.63) is 28.4 Å². The molecule has 0 fully saturated rings. The van der Waals surface area contributed by atoms with Crippen molar-refractivity contribution in [1.29, 1.82) is 0 Å². The highest BCUT2D eigenvalue weighted by Gasteiger charge is 2.08. The molecule has 0 saturated carbocycles. The number of hydrogen-bond acceptors (Lipinski definition) is 2. The highest BCUT2D eigenvalue weighted by atomic mass is 79.9. The average Bonchev–Trinajstić information content (AvgIpc) is 2.48. The summed E-state index contributed by atoms with van der Waals surface area (Å²) in [6.45, 7) is 0. The molecule has 0 unspecified atom stereocenters. The predicted molar refractivity (Wildman–Crippen MR) is 57.4 cm³/mol. The van der Waals surface area contributed by atoms with Crippen molar-refractivity contribution in [2.45, 2.75) is 0 Å². The van der Waals surface area contributed by atoms with Crippen LogP contribution in [0.2, 0.25) is 0 Å². The molecule has 0 aliphatic rings. The summed E-state index contributed by atoms with van der Waals surface area (Å²) < 4.78 is 0.754. The Hall–Kier alpha value is -1.49. The summed E-state index contributed by atoms with van der Waals surface area (Å²) in [5.74, 6) is -0.976. The molecule has 0 bridgehead atoms. The number of H-pyrrole nitrogens is 1. The molecule has 0 aliphatic heterocycles. The third-order valence-corrected chi connectivity index (χ3v) is 2.66. The average molecular weight is 255 g/mol. The summed E-state index contributed by atoms with van der Waals surface area (Å²) in [7, 11) is 0. The molecule has 0 saturated heterocycles. The second kappa shape index (κ2) is 3.02. The van der Waals surface area contributed by atoms with Crippen LogP contribution < -0.4 is 5.73 Å². The Kier molecular flexibility index (Phi) is 1.96. The topological polar surface area (TPSA) is 79.1 Å². The monoisotopic (exact) mass is 254 g/mol. The number of carboxylic acids is 1. The fourth-order valence-corrected chi connectivity index (χ4v) is 1.63. The van der Waals surface area contributed by atoms with Gasteiger partial charge in [-0.1, -0.05) is 0 Å². The molecule has 2 rings (SSSR count). The van der Waals surface area contributed by atoms with E-state index in [1.165, 1.54) is 0 Å². The molecular weight excluding hydrogens is 248 g/mol. The molecule has 14 heavy (non-hydrogen) atoms. The summed E-state index contributed by atoms with van der Waals surface area (Å²) in [6, 6.07) is 5.04. The number of rotatable bonds is 1. The molecule has 0 aliphatic carbocycles. The largest absolute Gasteiger partial charge is 0.477 e. The van der Waals surface area contributed by atoms with Gasteiger partial charge in [-0.3, -0.25) is 0 Å². The molecule has 72 valence electrons. The first-order valence-electron chi connectivity index (χ1n) is 3.89. The Morgan fingerprint density at radius 1 is 1.43 bits per heavy atom. The number of aromatic amines is 1. The predicted octanol–water partition coefficient (Wildman–Crippen LogP) is 2.21. The summed E-state index contributed by atoms with van der Waals surface area (Å²) in [5, 5.41) is 9.54. The van der Waals surface area contributed by atoms with Gasteiger partial charge in [0.05, 0.1) is 0 Å². The number of nitrogens with two attached hydrogens (primary N) is 1. The van der Waals surface area contributed by atoms with E-state index < -0.39 is 5.97 Å². The van der Waals surface area contributed by atoms with Gasteiger partial charge in [-0.2, -0.15) is 0 Å². The number of aromatic carboxylic acids is 1. The van der Waals surface area contributed by atoms with Crippen molar-refractivity contribution in [2.24, 2.45) is 0 Å². The van der Waals surface area contributed by atoms with Crippen LogP contribution in [0, 0.1) is 0 Å². The fourth-order valence-electron chi connectivity index (χ4n) is 1.29. The van der Waals surface area contributed by atoms with Gasteiger partial charge in [0.15, 0.2) is 0 Å². The zero-order chi connectivity index (χ0) is 10.3. The third-order valence-electron chi connectivity index (χ3n) is 1.97. The minimum absolute atomic E-state index is 0.164. The Morgan fingerprint density at radius 3 is 2.79 bits per heavy atom. The Labute approximate surface area is 87.9 Å². The Balaban J connectivity index is 2.72. The van der Waals surface area contributed by atoms with Gasteiger partial charge >= 0.3 is 5.97 Å². The number of aromatic nitrogens is 1. The molecule has 1 heterocycles. The van der Waals surface area contributed by atoms with Gasteiger partial charge in [-0.25, -0.2) is 4.79 Å². The lowest BCUT2D eigenvalue weighted by atomic mass is 10.2. The maximum absolute atomic E-state index is 10.7. The number of nitrogens with one attached hydrogen (secondary N) is 1. The highest BCUT2D eigenvalue weighted by Crippen LogP contribution is 2.26. The standard InChI is InChI=1S/C9H7BrN2O2/c10-5-3-7-4(1-6(5)11)2-8(12-7)9(13)14/h1-3,12H,11H2,(H,13,14). The van der Waals surface area contributed by atoms with Crippen LogP contribution in [0.1, 0.15) is 10.5 Å². The number of nitrogen functional groups attached to an aromatic ring is 1. The minimum atomic E-state index is -0.976. The number of carboxylic acid groups (broad SMARTS) is 1. The van der Waals surface area contributed by atoms with Crippen molar-refractivity contribution in [1.82, 2.24) is 4.98 Å². The Bertz CT molecular complexity index is 480. The van der Waals surface area contributed by atoms with Crippen LogP contribution >= 0.6 is 15.9 Å². The van der Waals surface area contributed by atoms with Crippen molar-refractivity contribution >= 4 is 38.5 Å². The lowest BCUT2D eigenvalue weighted by Gasteiger charge is -1.96. The van der Waals surface area contributed by atoms with E-state index in [0.29, 0.717) is 5.69 Å². The van der Waals surface area contributed by atoms with E-state index in [2.05, 4.69) is 20.9 Å². The third kappa shape index (κ3) is 1.35. The number of benzene rings is 1. The molecule has 1 aromatic heterocycles. The zero-order valence-corrected chi connectivity index (χ0v) is 8.63. The molecule has 0 radical (unpaired) electrons. The molecular formula is C9H7BrN2O2. The van der Waals surface area contributed by atoms with E-state index >= 15 is 0 Å². The molecule has 1 aromatic carbocycles. The zero-order valence-electron chi connectivity index (χ0n) is 7.04. The van der Waals surface area contributed by atoms with Crippen LogP contribution in [0.15, 0.2) is 22.7 Å². The van der Waals surface area contributed by atoms with E-state index in [-0.39, 0.29) is 5.69 Å². The maximum atomic E-state index is 10.7. The number of carbonyl (C=O) groups is 1. The van der Waals surface area contributed by atoms with Gasteiger partial charge < -0.3 is 15.8 Å². The van der Waals surface area contributed by atoms with E-state index in [1.54, 1.807) is 18.2 Å². The number of anilines is 1. The van der Waals surface area contributed by atoms with Crippen molar-refractivity contribution < 1.29 is 9.90 Å². The maximum Gasteiger partial charge on any atom is 0.352 e. The Morgan fingerprint density at radius 2 is 2.14 bits per heavy atom. The fraction of sp³-hybridized carbons (Fsp3) is 0. The van der Waals surface area contributed by atoms with E-state index in [0.717, 1.165) is 15.4 Å². The molecule has 5 heteroatoms. The van der Waals surface area contributed by atoms with Gasteiger partial charge in [-0.05, 0) is 34.1 Å². The quantitative estimate of drug-likeness (QED) is 0.683. The van der Waals surface area contributed by atoms with Gasteiger partial charge in [0, 0.05) is 21.1 Å². The summed E-state index contributed by atoms with van der Waals surface area (Å²) in [4.78, 5) is 13.4. The molecule has 4 N–H and O–H groups in total. The summed E-state index contributed by atoms with van der Waals surface area (Å²) in [5.41, 5.74) is 7.17. The van der Waals surface area contributed by atoms with Gasteiger partial charge in [0.2, 0.25) is 0 Å². The first-order valence-corrected chi connectivity index (χ1v) is 4.68. The van der Waals surface area contributed by atoms with E-state index in [1.807, 2.05) is 0 Å². The molecule has 0 amide bonds. The highest BCUT2D eigenvalue weighted by molar-refractivity contribution is 9.10. The first kappa shape index (κ1) is 9.08. The second-order valence-corrected chi connectivity index (χ2v) is 3.80. The smallest absolute Gasteiger partial charge is 0.352 e. The normalized spacial score (nSPS) is 10.6. The SMILES string of the molecule is Nc1cc2cc(C(=O)O)[nH]c2cc1Br. The second-order valence-electron chi connectivity index (χ2n) is 2.95. The van der Waals surface area contributed by atoms with Crippen molar-refractivity contribution in [3.63, 3.8) is 0 Å². The summed E-state index contributed by atoms with van der Waals surface area (Å²) in [6.07, 6.45) is 0. The van der Waals surface area contributed by atoms with Gasteiger partial charge in [-0.15, -0.1) is 0 Å². The van der Waals surface area contributed by atoms with Crippen LogP contribution in [0.4, 0.5) is 5.69 Å².